The molecule has 0 aromatic carbocycles. The number of hydrogen-bond donors (Lipinski definition) is 2. The maximum Gasteiger partial charge on any atom is 0.320 e. The Balaban J connectivity index is 1.67. The van der Waals surface area contributed by atoms with Crippen LogP contribution in [-0.4, -0.2) is 22.1 Å². The third-order valence-corrected chi connectivity index (χ3v) is 4.30. The Labute approximate surface area is 137 Å². The molecule has 0 fully saturated rings. The summed E-state index contributed by atoms with van der Waals surface area (Å²) in [7, 11) is 1.60. The molecule has 0 atom stereocenters. The summed E-state index contributed by atoms with van der Waals surface area (Å²) in [6.07, 6.45) is 5.75. The maximum absolute atomic E-state index is 11.7. The lowest BCUT2D eigenvalue weighted by Gasteiger charge is -2.07. The van der Waals surface area contributed by atoms with E-state index in [1.54, 1.807) is 18.4 Å². The second-order valence-electron chi connectivity index (χ2n) is 4.74. The van der Waals surface area contributed by atoms with Gasteiger partial charge in [-0.05, 0) is 31.4 Å². The largest absolute Gasteiger partial charge is 0.338 e. The van der Waals surface area contributed by atoms with Gasteiger partial charge in [0.05, 0.1) is 4.34 Å². The van der Waals surface area contributed by atoms with E-state index in [1.807, 2.05) is 12.1 Å². The molecule has 0 aliphatic heterocycles. The molecule has 2 aromatic rings. The third-order valence-electron chi connectivity index (χ3n) is 3.01. The molecule has 2 heterocycles. The zero-order valence-electron chi connectivity index (χ0n) is 12.1. The summed E-state index contributed by atoms with van der Waals surface area (Å²) in [6.45, 7) is 0.540. The van der Waals surface area contributed by atoms with Crippen molar-refractivity contribution < 1.29 is 4.79 Å². The number of amides is 2. The van der Waals surface area contributed by atoms with Crippen molar-refractivity contribution in [3.63, 3.8) is 0 Å². The van der Waals surface area contributed by atoms with E-state index in [0.29, 0.717) is 6.54 Å². The van der Waals surface area contributed by atoms with Crippen LogP contribution in [-0.2, 0) is 13.5 Å². The molecule has 2 rings (SSSR count). The van der Waals surface area contributed by atoms with Gasteiger partial charge in [0.2, 0.25) is 5.82 Å². The number of unbranched alkanes of at least 4 members (excludes halogenated alkanes) is 1. The number of hydrogen-bond acceptors (Lipinski definition) is 4. The smallest absolute Gasteiger partial charge is 0.320 e. The minimum absolute atomic E-state index is 0.0238. The molecule has 6 nitrogen and oxygen atoms in total. The summed E-state index contributed by atoms with van der Waals surface area (Å²) in [6, 6.07) is 3.49. The van der Waals surface area contributed by atoms with Gasteiger partial charge < -0.3 is 9.88 Å². The van der Waals surface area contributed by atoms with Crippen molar-refractivity contribution in [1.29, 1.82) is 0 Å². The van der Waals surface area contributed by atoms with E-state index in [4.69, 9.17) is 11.6 Å². The van der Waals surface area contributed by atoms with Gasteiger partial charge in [-0.3, -0.25) is 10.1 Å². The van der Waals surface area contributed by atoms with Crippen molar-refractivity contribution in [2.45, 2.75) is 19.3 Å². The van der Waals surface area contributed by atoms with Gasteiger partial charge in [0.1, 0.15) is 0 Å². The Bertz CT molecular complexity index is 698. The van der Waals surface area contributed by atoms with E-state index in [2.05, 4.69) is 15.6 Å². The highest BCUT2D eigenvalue weighted by Crippen LogP contribution is 2.22. The topological polar surface area (TPSA) is 76.0 Å². The van der Waals surface area contributed by atoms with Gasteiger partial charge in [0.15, 0.2) is 0 Å². The summed E-state index contributed by atoms with van der Waals surface area (Å²) < 4.78 is 2.15. The number of anilines is 1. The number of aromatic nitrogens is 2. The number of nitrogens with one attached hydrogen (secondary N) is 2. The number of carbonyl (C=O) groups is 1. The Morgan fingerprint density at radius 3 is 2.95 bits per heavy atom. The molecule has 8 heteroatoms. The predicted octanol–water partition coefficient (Wildman–Crippen LogP) is 2.64. The van der Waals surface area contributed by atoms with Crippen LogP contribution in [0, 0.1) is 0 Å². The predicted molar refractivity (Wildman–Crippen MR) is 88.8 cm³/mol. The lowest BCUT2D eigenvalue weighted by molar-refractivity contribution is 0.252. The van der Waals surface area contributed by atoms with Gasteiger partial charge in [-0.15, -0.1) is 11.3 Å². The van der Waals surface area contributed by atoms with Gasteiger partial charge in [0, 0.05) is 30.9 Å². The second-order valence-corrected chi connectivity index (χ2v) is 6.54. The first-order valence-corrected chi connectivity index (χ1v) is 8.06. The average molecular weight is 341 g/mol. The fraction of sp³-hybridized carbons (Fsp3) is 0.357. The van der Waals surface area contributed by atoms with Crippen LogP contribution in [0.25, 0.3) is 0 Å². The van der Waals surface area contributed by atoms with Gasteiger partial charge in [-0.25, -0.2) is 9.78 Å². The first-order valence-electron chi connectivity index (χ1n) is 6.87. The zero-order chi connectivity index (χ0) is 15.9. The summed E-state index contributed by atoms with van der Waals surface area (Å²) in [5.41, 5.74) is -0.341. The van der Waals surface area contributed by atoms with Crippen LogP contribution < -0.4 is 16.2 Å². The van der Waals surface area contributed by atoms with Crippen molar-refractivity contribution in [2.75, 3.05) is 11.9 Å². The minimum atomic E-state index is -0.421. The molecule has 0 aliphatic rings. The highest BCUT2D eigenvalue weighted by atomic mass is 35.5. The molecule has 0 unspecified atom stereocenters. The highest BCUT2D eigenvalue weighted by molar-refractivity contribution is 7.16. The highest BCUT2D eigenvalue weighted by Gasteiger charge is 2.06. The number of thiophene rings is 1. The van der Waals surface area contributed by atoms with E-state index < -0.39 is 6.03 Å². The number of halogens is 1. The summed E-state index contributed by atoms with van der Waals surface area (Å²) in [5.74, 6) is 0.0238. The number of urea groups is 1. The molecule has 0 saturated heterocycles. The van der Waals surface area contributed by atoms with Crippen LogP contribution in [0.4, 0.5) is 10.6 Å². The lowest BCUT2D eigenvalue weighted by atomic mass is 10.2. The molecule has 118 valence electrons. The number of rotatable bonds is 6. The summed E-state index contributed by atoms with van der Waals surface area (Å²) in [4.78, 5) is 28.5. The minimum Gasteiger partial charge on any atom is -0.338 e. The maximum atomic E-state index is 11.7. The Kier molecular flexibility index (Phi) is 5.97. The number of nitrogens with zero attached hydrogens (tertiary/aromatic N) is 2. The van der Waals surface area contributed by atoms with Crippen LogP contribution in [0.5, 0.6) is 0 Å². The molecular formula is C14H17ClN4O2S. The molecule has 2 amide bonds. The van der Waals surface area contributed by atoms with Crippen LogP contribution in [0.1, 0.15) is 17.7 Å². The van der Waals surface area contributed by atoms with E-state index >= 15 is 0 Å². The van der Waals surface area contributed by atoms with Gasteiger partial charge in [-0.2, -0.15) is 0 Å². The Morgan fingerprint density at radius 2 is 2.23 bits per heavy atom. The molecule has 2 aromatic heterocycles. The van der Waals surface area contributed by atoms with Gasteiger partial charge >= 0.3 is 6.03 Å². The molecular weight excluding hydrogens is 324 g/mol. The van der Waals surface area contributed by atoms with Crippen LogP contribution in [0.15, 0.2) is 29.3 Å². The van der Waals surface area contributed by atoms with Crippen LogP contribution >= 0.6 is 22.9 Å². The average Bonchev–Trinajstić information content (AvgIpc) is 2.89. The molecule has 0 aliphatic carbocycles. The van der Waals surface area contributed by atoms with Crippen LogP contribution in [0.3, 0.4) is 0 Å². The van der Waals surface area contributed by atoms with Crippen molar-refractivity contribution in [3.05, 3.63) is 44.1 Å². The van der Waals surface area contributed by atoms with Gasteiger partial charge in [0.25, 0.3) is 5.56 Å². The van der Waals surface area contributed by atoms with Crippen LogP contribution in [0.2, 0.25) is 4.34 Å². The number of aryl methyl sites for hydroxylation is 2. The Hall–Kier alpha value is -1.86. The molecule has 0 saturated carbocycles. The fourth-order valence-electron chi connectivity index (χ4n) is 1.85. The summed E-state index contributed by atoms with van der Waals surface area (Å²) >= 11 is 7.44. The van der Waals surface area contributed by atoms with Gasteiger partial charge in [-0.1, -0.05) is 11.6 Å². The van der Waals surface area contributed by atoms with Crippen molar-refractivity contribution in [1.82, 2.24) is 14.9 Å². The molecule has 0 spiro atoms. The first kappa shape index (κ1) is 16.5. The zero-order valence-corrected chi connectivity index (χ0v) is 13.7. The van der Waals surface area contributed by atoms with Crippen molar-refractivity contribution in [2.24, 2.45) is 7.05 Å². The summed E-state index contributed by atoms with van der Waals surface area (Å²) in [5, 5.41) is 5.16. The fourth-order valence-corrected chi connectivity index (χ4v) is 2.98. The quantitative estimate of drug-likeness (QED) is 0.794. The van der Waals surface area contributed by atoms with Crippen molar-refractivity contribution >= 4 is 34.8 Å². The monoisotopic (exact) mass is 340 g/mol. The molecule has 0 bridgehead atoms. The van der Waals surface area contributed by atoms with E-state index in [1.165, 1.54) is 21.8 Å². The molecule has 22 heavy (non-hydrogen) atoms. The third kappa shape index (κ3) is 4.85. The first-order chi connectivity index (χ1) is 10.6. The molecule has 2 N–H and O–H groups in total. The number of carbonyl (C=O) groups excluding carboxylic acids is 1. The van der Waals surface area contributed by atoms with E-state index in [9.17, 15) is 9.59 Å². The standard InChI is InChI=1S/C14H17ClN4O2S/c1-19-9-8-16-12(13(19)20)18-14(21)17-7-3-2-4-10-5-6-11(15)22-10/h5-6,8-9H,2-4,7H2,1H3,(H2,16,17,18,21). The second kappa shape index (κ2) is 7.95. The van der Waals surface area contributed by atoms with Crippen molar-refractivity contribution in [3.8, 4) is 0 Å². The molecule has 0 radical (unpaired) electrons. The normalized spacial score (nSPS) is 10.5. The lowest BCUT2D eigenvalue weighted by Crippen LogP contribution is -2.33. The van der Waals surface area contributed by atoms with E-state index in [-0.39, 0.29) is 11.4 Å². The Morgan fingerprint density at radius 1 is 1.41 bits per heavy atom. The van der Waals surface area contributed by atoms with E-state index in [0.717, 1.165) is 23.6 Å². The SMILES string of the molecule is Cn1ccnc(NC(=O)NCCCCc2ccc(Cl)s2)c1=O.